The third kappa shape index (κ3) is 6.54. The van der Waals surface area contributed by atoms with E-state index in [2.05, 4.69) is 10.6 Å². The second kappa shape index (κ2) is 9.50. The first-order chi connectivity index (χ1) is 13.6. The van der Waals surface area contributed by atoms with E-state index in [9.17, 15) is 9.90 Å². The second-order valence-electron chi connectivity index (χ2n) is 8.95. The van der Waals surface area contributed by atoms with Crippen LogP contribution in [0.4, 0.5) is 0 Å². The third-order valence-electron chi connectivity index (χ3n) is 5.19. The van der Waals surface area contributed by atoms with Crippen LogP contribution in [-0.2, 0) is 16.1 Å². The number of hydrogen-bond acceptors (Lipinski definition) is 5. The summed E-state index contributed by atoms with van der Waals surface area (Å²) in [7, 11) is 0. The van der Waals surface area contributed by atoms with Gasteiger partial charge in [0, 0.05) is 31.7 Å². The first-order valence-corrected chi connectivity index (χ1v) is 11.0. The van der Waals surface area contributed by atoms with Crippen molar-refractivity contribution in [2.45, 2.75) is 70.7 Å². The summed E-state index contributed by atoms with van der Waals surface area (Å²) in [6, 6.07) is 5.74. The van der Waals surface area contributed by atoms with Gasteiger partial charge in [0.2, 0.25) is 12.3 Å². The van der Waals surface area contributed by atoms with E-state index in [1.165, 1.54) is 0 Å². The molecule has 1 saturated carbocycles. The number of aliphatic hydroxyl groups excluding tert-OH is 1. The van der Waals surface area contributed by atoms with Gasteiger partial charge in [-0.1, -0.05) is 35.3 Å². The molecular weight excluding hydrogens is 413 g/mol. The van der Waals surface area contributed by atoms with Crippen LogP contribution in [0.15, 0.2) is 18.2 Å². The van der Waals surface area contributed by atoms with Crippen LogP contribution in [0.2, 0.25) is 10.0 Å². The van der Waals surface area contributed by atoms with Crippen LogP contribution in [-0.4, -0.2) is 53.1 Å². The molecule has 1 saturated heterocycles. The minimum Gasteiger partial charge on any atom is -0.356 e. The first-order valence-electron chi connectivity index (χ1n) is 10.2. The number of piperidine rings is 1. The largest absolute Gasteiger partial charge is 0.356 e. The number of ether oxygens (including phenoxy) is 1. The fourth-order valence-corrected chi connectivity index (χ4v) is 4.07. The Labute approximate surface area is 182 Å². The Morgan fingerprint density at radius 1 is 1.34 bits per heavy atom. The van der Waals surface area contributed by atoms with Gasteiger partial charge in [-0.3, -0.25) is 10.1 Å². The molecule has 2 fully saturated rings. The van der Waals surface area contributed by atoms with Crippen LogP contribution >= 0.6 is 23.2 Å². The number of rotatable bonds is 7. The number of benzene rings is 1. The monoisotopic (exact) mass is 443 g/mol. The number of hydrogen-bond donors (Lipinski definition) is 3. The molecule has 1 aromatic rings. The van der Waals surface area contributed by atoms with Crippen LogP contribution in [0.1, 0.15) is 45.6 Å². The van der Waals surface area contributed by atoms with Crippen LogP contribution in [0, 0.1) is 5.92 Å². The molecule has 29 heavy (non-hydrogen) atoms. The lowest BCUT2D eigenvalue weighted by Gasteiger charge is -2.35. The highest BCUT2D eigenvalue weighted by Crippen LogP contribution is 2.33. The molecule has 162 valence electrons. The Morgan fingerprint density at radius 2 is 2.07 bits per heavy atom. The van der Waals surface area contributed by atoms with E-state index < -0.39 is 12.0 Å². The molecule has 0 aromatic heterocycles. The number of nitrogens with zero attached hydrogens (tertiary/aromatic N) is 1. The van der Waals surface area contributed by atoms with E-state index >= 15 is 0 Å². The van der Waals surface area contributed by atoms with Gasteiger partial charge < -0.3 is 20.1 Å². The molecule has 3 atom stereocenters. The molecule has 1 heterocycles. The van der Waals surface area contributed by atoms with Crippen molar-refractivity contribution in [3.63, 3.8) is 0 Å². The highest BCUT2D eigenvalue weighted by atomic mass is 35.5. The first kappa shape index (κ1) is 22.8. The van der Waals surface area contributed by atoms with Gasteiger partial charge in [0.15, 0.2) is 0 Å². The maximum absolute atomic E-state index is 13.3. The lowest BCUT2D eigenvalue weighted by molar-refractivity contribution is -0.186. The molecule has 0 bridgehead atoms. The van der Waals surface area contributed by atoms with Crippen LogP contribution in [0.25, 0.3) is 0 Å². The highest BCUT2D eigenvalue weighted by molar-refractivity contribution is 6.42. The maximum atomic E-state index is 13.3. The topological polar surface area (TPSA) is 73.8 Å². The Balaban J connectivity index is 1.63. The maximum Gasteiger partial charge on any atom is 0.227 e. The van der Waals surface area contributed by atoms with Crippen LogP contribution in [0.5, 0.6) is 0 Å². The summed E-state index contributed by atoms with van der Waals surface area (Å²) in [6.07, 6.45) is 1.61. The van der Waals surface area contributed by atoms with Crippen LogP contribution in [0.3, 0.4) is 0 Å². The zero-order valence-corrected chi connectivity index (χ0v) is 18.8. The number of aliphatic hydroxyl groups is 1. The molecule has 3 N–H and O–H groups in total. The quantitative estimate of drug-likeness (QED) is 0.564. The summed E-state index contributed by atoms with van der Waals surface area (Å²) in [5.41, 5.74) is 0.412. The highest BCUT2D eigenvalue weighted by Gasteiger charge is 2.38. The molecule has 3 rings (SSSR count). The average molecular weight is 444 g/mol. The summed E-state index contributed by atoms with van der Waals surface area (Å²) < 4.78 is 5.53. The molecule has 6 nitrogen and oxygen atoms in total. The molecule has 0 radical (unpaired) electrons. The average Bonchev–Trinajstić information content (AvgIpc) is 3.46. The molecule has 1 unspecified atom stereocenters. The van der Waals surface area contributed by atoms with E-state index in [-0.39, 0.29) is 23.9 Å². The van der Waals surface area contributed by atoms with E-state index in [0.717, 1.165) is 18.4 Å². The smallest absolute Gasteiger partial charge is 0.227 e. The van der Waals surface area contributed by atoms with Gasteiger partial charge in [0.25, 0.3) is 0 Å². The second-order valence-corrected chi connectivity index (χ2v) is 9.73. The van der Waals surface area contributed by atoms with Crippen molar-refractivity contribution in [1.29, 1.82) is 0 Å². The number of carbonyl (C=O) groups excluding carboxylic acids is 1. The van der Waals surface area contributed by atoms with Crippen molar-refractivity contribution in [2.24, 2.45) is 5.92 Å². The Hall–Kier alpha value is -0.890. The molecule has 1 aromatic carbocycles. The molecule has 1 aliphatic heterocycles. The summed E-state index contributed by atoms with van der Waals surface area (Å²) in [6.45, 7) is 7.43. The van der Waals surface area contributed by atoms with E-state index in [0.29, 0.717) is 36.1 Å². The van der Waals surface area contributed by atoms with E-state index in [1.54, 1.807) is 6.07 Å². The molecule has 8 heteroatoms. The minimum absolute atomic E-state index is 0.0501. The van der Waals surface area contributed by atoms with Gasteiger partial charge in [0.05, 0.1) is 21.6 Å². The van der Waals surface area contributed by atoms with Crippen molar-refractivity contribution in [3.05, 3.63) is 33.8 Å². The number of nitrogens with one attached hydrogen (secondary N) is 2. The molecule has 0 spiro atoms. The summed E-state index contributed by atoms with van der Waals surface area (Å²) >= 11 is 12.5. The Morgan fingerprint density at radius 3 is 2.72 bits per heavy atom. The minimum atomic E-state index is -1.07. The van der Waals surface area contributed by atoms with Gasteiger partial charge in [-0.2, -0.15) is 0 Å². The lowest BCUT2D eigenvalue weighted by atomic mass is 9.94. The zero-order chi connectivity index (χ0) is 21.2. The lowest BCUT2D eigenvalue weighted by Crippen LogP contribution is -2.55. The van der Waals surface area contributed by atoms with Gasteiger partial charge in [-0.05, 0) is 51.7 Å². The fourth-order valence-electron chi connectivity index (χ4n) is 3.69. The van der Waals surface area contributed by atoms with Crippen molar-refractivity contribution >= 4 is 29.1 Å². The van der Waals surface area contributed by atoms with Crippen molar-refractivity contribution < 1.29 is 14.6 Å². The Kier molecular flexibility index (Phi) is 7.46. The predicted molar refractivity (Wildman–Crippen MR) is 115 cm³/mol. The molecule has 1 aliphatic carbocycles. The summed E-state index contributed by atoms with van der Waals surface area (Å²) in [5.74, 6) is -0.0459. The normalized spacial score (nSPS) is 23.7. The van der Waals surface area contributed by atoms with Gasteiger partial charge in [-0.15, -0.1) is 0 Å². The van der Waals surface area contributed by atoms with E-state index in [4.69, 9.17) is 27.9 Å². The third-order valence-corrected chi connectivity index (χ3v) is 6.04. The molecule has 2 aliphatic rings. The predicted octanol–water partition coefficient (Wildman–Crippen LogP) is 3.14. The van der Waals surface area contributed by atoms with Gasteiger partial charge >= 0.3 is 0 Å². The van der Waals surface area contributed by atoms with Crippen molar-refractivity contribution in [3.8, 4) is 0 Å². The Bertz CT molecular complexity index is 722. The van der Waals surface area contributed by atoms with Crippen molar-refractivity contribution in [1.82, 2.24) is 15.5 Å². The fraction of sp³-hybridized carbons (Fsp3) is 0.667. The molecular formula is C21H31Cl2N3O3. The number of carbonyl (C=O) groups is 1. The molecule has 1 amide bonds. The SMILES string of the molecule is CC(C)(C)OC(O)N[C@H]1CNC[C@@H](C(=O)N(Cc2cccc(Cl)c2Cl)C2CC2)C1. The van der Waals surface area contributed by atoms with Crippen LogP contribution < -0.4 is 10.6 Å². The number of amides is 1. The summed E-state index contributed by atoms with van der Waals surface area (Å²) in [5, 5.41) is 17.5. The van der Waals surface area contributed by atoms with Crippen molar-refractivity contribution in [2.75, 3.05) is 13.1 Å². The zero-order valence-electron chi connectivity index (χ0n) is 17.3. The van der Waals surface area contributed by atoms with Gasteiger partial charge in [0.1, 0.15) is 0 Å². The number of halogens is 2. The summed E-state index contributed by atoms with van der Waals surface area (Å²) in [4.78, 5) is 15.3. The standard InChI is InChI=1S/C21H31Cl2N3O3/c1-21(2,3)29-20(28)25-15-9-14(10-24-11-15)19(27)26(16-7-8-16)12-13-5-4-6-17(22)18(13)23/h4-6,14-16,20,24-25,28H,7-12H2,1-3H3/t14-,15+,20?/m0/s1. The van der Waals surface area contributed by atoms with E-state index in [1.807, 2.05) is 37.8 Å². The van der Waals surface area contributed by atoms with Gasteiger partial charge in [-0.25, -0.2) is 0 Å².